The number of hydrogen-bond acceptors (Lipinski definition) is 3. The smallest absolute Gasteiger partial charge is 0.133 e. The Balaban J connectivity index is 0.000000116. The van der Waals surface area contributed by atoms with Gasteiger partial charge >= 0.3 is 0 Å². The highest BCUT2D eigenvalue weighted by molar-refractivity contribution is 5.79. The highest BCUT2D eigenvalue weighted by Crippen LogP contribution is 2.13. The summed E-state index contributed by atoms with van der Waals surface area (Å²) in [6, 6.07) is 64.2. The molecule has 5 heteroatoms. The van der Waals surface area contributed by atoms with E-state index in [0.717, 1.165) is 27.5 Å². The van der Waals surface area contributed by atoms with Crippen molar-refractivity contribution in [3.63, 3.8) is 0 Å². The minimum atomic E-state index is 0.956. The first-order valence-corrected chi connectivity index (χ1v) is 16.0. The van der Waals surface area contributed by atoms with Gasteiger partial charge in [-0.15, -0.1) is 0 Å². The summed E-state index contributed by atoms with van der Waals surface area (Å²) >= 11 is 0. The Morgan fingerprint density at radius 3 is 1.51 bits per heavy atom. The largest absolute Gasteiger partial charge is 0.464 e. The van der Waals surface area contributed by atoms with Crippen molar-refractivity contribution in [2.45, 2.75) is 0 Å². The molecule has 2 N–H and O–H groups in total. The second-order valence-electron chi connectivity index (χ2n) is 10.4. The maximum absolute atomic E-state index is 5.12. The number of fused-ring (bicyclic) bond motifs is 4. The molecule has 0 unspecified atom stereocenters. The van der Waals surface area contributed by atoms with Crippen LogP contribution in [-0.2, 0) is 0 Å². The molecule has 0 saturated heterocycles. The fraction of sp³-hybridized carbons (Fsp3) is 0. The van der Waals surface area contributed by atoms with Crippen LogP contribution in [-0.4, -0.2) is 19.9 Å². The SMILES string of the molecule is c1ccc2[nH]ccc2c1.c1ccc2[nH]cnc2c1.c1ccc2ncccc2c1.c1ccc2occc2c1.c1ccccc1.c1ccccc1. The Hall–Kier alpha value is -6.72. The second-order valence-corrected chi connectivity index (χ2v) is 10.4. The molecule has 0 spiro atoms. The molecule has 4 aromatic heterocycles. The van der Waals surface area contributed by atoms with Crippen molar-refractivity contribution >= 4 is 43.8 Å². The van der Waals surface area contributed by atoms with E-state index in [4.69, 9.17) is 4.42 Å². The molecular formula is C44H38N4O. The molecule has 0 bridgehead atoms. The molecule has 0 amide bonds. The minimum absolute atomic E-state index is 0.956. The summed E-state index contributed by atoms with van der Waals surface area (Å²) < 4.78 is 5.12. The van der Waals surface area contributed by atoms with E-state index >= 15 is 0 Å². The molecule has 10 rings (SSSR count). The van der Waals surface area contributed by atoms with Crippen LogP contribution < -0.4 is 0 Å². The van der Waals surface area contributed by atoms with Crippen LogP contribution in [0.25, 0.3) is 43.8 Å². The zero-order chi connectivity index (χ0) is 33.6. The van der Waals surface area contributed by atoms with Gasteiger partial charge in [0.15, 0.2) is 0 Å². The van der Waals surface area contributed by atoms with Gasteiger partial charge in [0, 0.05) is 28.7 Å². The third-order valence-corrected chi connectivity index (χ3v) is 7.00. The van der Waals surface area contributed by atoms with Crippen LogP contribution in [0.15, 0.2) is 224 Å². The third kappa shape index (κ3) is 11.5. The lowest BCUT2D eigenvalue weighted by molar-refractivity contribution is 0.616. The lowest BCUT2D eigenvalue weighted by atomic mass is 10.2. The topological polar surface area (TPSA) is 70.5 Å². The number of H-pyrrole nitrogens is 2. The molecule has 0 aliphatic carbocycles. The van der Waals surface area contributed by atoms with Gasteiger partial charge < -0.3 is 14.4 Å². The van der Waals surface area contributed by atoms with Crippen LogP contribution in [0.5, 0.6) is 0 Å². The molecule has 0 atom stereocenters. The van der Waals surface area contributed by atoms with Crippen molar-refractivity contribution in [3.8, 4) is 0 Å². The van der Waals surface area contributed by atoms with Crippen LogP contribution in [0.4, 0.5) is 0 Å². The van der Waals surface area contributed by atoms with Gasteiger partial charge in [0.2, 0.25) is 0 Å². The summed E-state index contributed by atoms with van der Waals surface area (Å²) in [6.07, 6.45) is 7.16. The average Bonchev–Trinajstić information content (AvgIpc) is 3.99. The Labute approximate surface area is 286 Å². The van der Waals surface area contributed by atoms with E-state index in [1.165, 1.54) is 16.3 Å². The van der Waals surface area contributed by atoms with Gasteiger partial charge in [-0.05, 0) is 53.9 Å². The highest BCUT2D eigenvalue weighted by atomic mass is 16.3. The van der Waals surface area contributed by atoms with Crippen LogP contribution in [0.1, 0.15) is 0 Å². The minimum Gasteiger partial charge on any atom is -0.464 e. The summed E-state index contributed by atoms with van der Waals surface area (Å²) in [5.74, 6) is 0. The maximum atomic E-state index is 5.12. The van der Waals surface area contributed by atoms with Gasteiger partial charge in [-0.25, -0.2) is 4.98 Å². The zero-order valence-electron chi connectivity index (χ0n) is 27.1. The number of benzene rings is 6. The van der Waals surface area contributed by atoms with Gasteiger partial charge in [-0.1, -0.05) is 146 Å². The van der Waals surface area contributed by atoms with E-state index in [0.29, 0.717) is 0 Å². The lowest BCUT2D eigenvalue weighted by Crippen LogP contribution is -1.73. The Kier molecular flexibility index (Phi) is 13.5. The van der Waals surface area contributed by atoms with Gasteiger partial charge in [-0.2, -0.15) is 0 Å². The summed E-state index contributed by atoms with van der Waals surface area (Å²) in [5, 5.41) is 3.64. The molecular weight excluding hydrogens is 601 g/mol. The number of nitrogens with zero attached hydrogens (tertiary/aromatic N) is 2. The Morgan fingerprint density at radius 2 is 0.898 bits per heavy atom. The Morgan fingerprint density at radius 1 is 0.367 bits per heavy atom. The van der Waals surface area contributed by atoms with Crippen molar-refractivity contribution in [2.75, 3.05) is 0 Å². The first kappa shape index (κ1) is 33.6. The predicted octanol–water partition coefficient (Wildman–Crippen LogP) is 11.8. The fourth-order valence-electron chi connectivity index (χ4n) is 4.57. The van der Waals surface area contributed by atoms with Crippen LogP contribution >= 0.6 is 0 Å². The van der Waals surface area contributed by atoms with Crippen molar-refractivity contribution in [2.24, 2.45) is 0 Å². The number of para-hydroxylation sites is 5. The number of furan rings is 1. The van der Waals surface area contributed by atoms with Crippen molar-refractivity contribution in [3.05, 3.63) is 219 Å². The number of pyridine rings is 1. The first-order chi connectivity index (χ1) is 24.4. The highest BCUT2D eigenvalue weighted by Gasteiger charge is 1.90. The van der Waals surface area contributed by atoms with Crippen LogP contribution in [0, 0.1) is 0 Å². The molecule has 5 nitrogen and oxygen atoms in total. The quantitative estimate of drug-likeness (QED) is 0.174. The number of hydrogen-bond donors (Lipinski definition) is 2. The number of aromatic nitrogens is 4. The van der Waals surface area contributed by atoms with Crippen molar-refractivity contribution < 1.29 is 4.42 Å². The van der Waals surface area contributed by atoms with Gasteiger partial charge in [-0.3, -0.25) is 4.98 Å². The standard InChI is InChI=1S/C9H7N.C8H7N.C8H6O.C7H6N2.2C6H6/c1-2-6-9-8(4-1)5-3-7-10-9;2*1-2-4-8-7(3-1)5-6-9-8;1-2-4-7-6(3-1)8-5-9-7;2*1-2-4-6-5-3-1/h1-7H;1-6,9H;1-6H;1-5H,(H,8,9);2*1-6H. The summed E-state index contributed by atoms with van der Waals surface area (Å²) in [4.78, 5) is 14.4. The first-order valence-electron chi connectivity index (χ1n) is 16.0. The van der Waals surface area contributed by atoms with E-state index in [1.54, 1.807) is 12.6 Å². The number of nitrogens with one attached hydrogen (secondary N) is 2. The maximum Gasteiger partial charge on any atom is 0.133 e. The van der Waals surface area contributed by atoms with E-state index in [-0.39, 0.29) is 0 Å². The van der Waals surface area contributed by atoms with Crippen molar-refractivity contribution in [1.29, 1.82) is 0 Å². The molecule has 0 aliphatic heterocycles. The number of rotatable bonds is 0. The van der Waals surface area contributed by atoms with Crippen LogP contribution in [0.2, 0.25) is 0 Å². The molecule has 49 heavy (non-hydrogen) atoms. The third-order valence-electron chi connectivity index (χ3n) is 7.00. The second kappa shape index (κ2) is 19.7. The van der Waals surface area contributed by atoms with E-state index in [9.17, 15) is 0 Å². The van der Waals surface area contributed by atoms with Gasteiger partial charge in [0.1, 0.15) is 5.58 Å². The molecule has 0 saturated carbocycles. The molecule has 10 aromatic rings. The summed E-state index contributed by atoms with van der Waals surface area (Å²) in [6.45, 7) is 0. The lowest BCUT2D eigenvalue weighted by Gasteiger charge is -1.91. The van der Waals surface area contributed by atoms with E-state index in [2.05, 4.69) is 50.3 Å². The average molecular weight is 639 g/mol. The normalized spacial score (nSPS) is 9.63. The molecule has 240 valence electrons. The van der Waals surface area contributed by atoms with Crippen LogP contribution in [0.3, 0.4) is 0 Å². The fourth-order valence-corrected chi connectivity index (χ4v) is 4.57. The molecule has 6 aromatic carbocycles. The predicted molar refractivity (Wildman–Crippen MR) is 205 cm³/mol. The Bertz CT molecular complexity index is 1910. The molecule has 0 radical (unpaired) electrons. The molecule has 0 aliphatic rings. The summed E-state index contributed by atoms with van der Waals surface area (Å²) in [5.41, 5.74) is 5.34. The van der Waals surface area contributed by atoms with E-state index in [1.807, 2.05) is 176 Å². The van der Waals surface area contributed by atoms with Gasteiger partial charge in [0.05, 0.1) is 29.1 Å². The van der Waals surface area contributed by atoms with Gasteiger partial charge in [0.25, 0.3) is 0 Å². The molecule has 0 fully saturated rings. The van der Waals surface area contributed by atoms with Crippen molar-refractivity contribution in [1.82, 2.24) is 19.9 Å². The molecule has 4 heterocycles. The van der Waals surface area contributed by atoms with E-state index < -0.39 is 0 Å². The monoisotopic (exact) mass is 638 g/mol. The summed E-state index contributed by atoms with van der Waals surface area (Å²) in [7, 11) is 0. The zero-order valence-corrected chi connectivity index (χ0v) is 27.1. The number of aromatic amines is 2. The number of imidazole rings is 1.